The number of benzene rings is 1. The van der Waals surface area contributed by atoms with Crippen molar-refractivity contribution in [2.75, 3.05) is 0 Å². The summed E-state index contributed by atoms with van der Waals surface area (Å²) >= 11 is 0. The van der Waals surface area contributed by atoms with Gasteiger partial charge in [-0.05, 0) is 24.3 Å². The Morgan fingerprint density at radius 1 is 0.680 bits per heavy atom. The topological polar surface area (TPSA) is 37.3 Å². The number of Topliss-reactive ketones (excluding diaryl/α,β-unsaturated/α-hetero) is 1. The van der Waals surface area contributed by atoms with Crippen LogP contribution < -0.4 is 0 Å². The van der Waals surface area contributed by atoms with E-state index < -0.39 is 47.0 Å². The van der Waals surface area contributed by atoms with Crippen LogP contribution in [0.5, 0.6) is 5.75 Å². The van der Waals surface area contributed by atoms with E-state index in [2.05, 4.69) is 0 Å². The number of hydrogen-bond acceptors (Lipinski definition) is 2. The Hall–Kier alpha value is -2.08. The number of phenols is 1. The minimum Gasteiger partial charge on any atom is -0.508 e. The van der Waals surface area contributed by atoms with E-state index >= 15 is 0 Å². The van der Waals surface area contributed by atoms with E-state index in [1.165, 1.54) is 0 Å². The van der Waals surface area contributed by atoms with E-state index in [-0.39, 0.29) is 12.1 Å². The number of phenolic OH excluding ortho intramolecular Hbond substituents is 1. The van der Waals surface area contributed by atoms with Crippen molar-refractivity contribution in [3.05, 3.63) is 29.8 Å². The Morgan fingerprint density at radius 2 is 1.08 bits per heavy atom. The summed E-state index contributed by atoms with van der Waals surface area (Å²) in [5, 5.41) is 8.84. The van der Waals surface area contributed by atoms with E-state index in [0.29, 0.717) is 12.1 Å². The maximum absolute atomic E-state index is 13.5. The van der Waals surface area contributed by atoms with Crippen LogP contribution >= 0.6 is 0 Å². The Bertz CT molecular complexity index is 646. The molecule has 2 nitrogen and oxygen atoms in total. The van der Waals surface area contributed by atoms with Gasteiger partial charge in [-0.3, -0.25) is 4.79 Å². The highest BCUT2D eigenvalue weighted by Gasteiger charge is 2.88. The largest absolute Gasteiger partial charge is 0.508 e. The number of carbonyl (C=O) groups is 1. The Labute approximate surface area is 130 Å². The normalized spacial score (nSPS) is 14.5. The maximum atomic E-state index is 13.5. The van der Waals surface area contributed by atoms with Crippen molar-refractivity contribution in [3.63, 3.8) is 0 Å². The van der Waals surface area contributed by atoms with Gasteiger partial charge >= 0.3 is 29.9 Å². The van der Waals surface area contributed by atoms with Crippen LogP contribution in [-0.2, 0) is 0 Å². The van der Waals surface area contributed by atoms with Crippen LogP contribution in [0, 0.1) is 0 Å². The summed E-state index contributed by atoms with van der Waals surface area (Å²) in [7, 11) is 0. The standard InChI is InChI=1S/C12H5F11O2/c13-8(14,7(25)5-1-3-6(24)4-2-5)9(15,16)10(17,18)11(19,20)12(21,22)23/h1-4,24H. The molecule has 1 N–H and O–H groups in total. The molecule has 25 heavy (non-hydrogen) atoms. The third-order valence-electron chi connectivity index (χ3n) is 2.95. The first-order valence-corrected chi connectivity index (χ1v) is 5.83. The Balaban J connectivity index is 3.43. The van der Waals surface area contributed by atoms with Crippen LogP contribution in [0.25, 0.3) is 0 Å². The van der Waals surface area contributed by atoms with Crippen LogP contribution in [0.3, 0.4) is 0 Å². The lowest BCUT2D eigenvalue weighted by atomic mass is 9.92. The highest BCUT2D eigenvalue weighted by molar-refractivity contribution is 6.02. The average molecular weight is 390 g/mol. The van der Waals surface area contributed by atoms with Crippen LogP contribution in [0.4, 0.5) is 48.3 Å². The lowest BCUT2D eigenvalue weighted by molar-refractivity contribution is -0.415. The number of aromatic hydroxyl groups is 1. The van der Waals surface area contributed by atoms with Gasteiger partial charge in [0.25, 0.3) is 0 Å². The molecule has 0 saturated carbocycles. The second-order valence-corrected chi connectivity index (χ2v) is 4.67. The number of hydrogen-bond donors (Lipinski definition) is 1. The van der Waals surface area contributed by atoms with Gasteiger partial charge in [0.2, 0.25) is 5.78 Å². The average Bonchev–Trinajstić information content (AvgIpc) is 2.45. The molecule has 0 aliphatic rings. The smallest absolute Gasteiger partial charge is 0.460 e. The third kappa shape index (κ3) is 2.99. The quantitative estimate of drug-likeness (QED) is 0.586. The van der Waals surface area contributed by atoms with Crippen LogP contribution in [-0.4, -0.2) is 40.8 Å². The molecule has 0 amide bonds. The number of alkyl halides is 11. The summed E-state index contributed by atoms with van der Waals surface area (Å²) in [6.07, 6.45) is -7.29. The molecular weight excluding hydrogens is 385 g/mol. The summed E-state index contributed by atoms with van der Waals surface area (Å²) in [6, 6.07) is 1.48. The molecule has 13 heteroatoms. The van der Waals surface area contributed by atoms with E-state index in [9.17, 15) is 53.1 Å². The van der Waals surface area contributed by atoms with E-state index in [4.69, 9.17) is 5.11 Å². The third-order valence-corrected chi connectivity index (χ3v) is 2.95. The number of rotatable bonds is 5. The fourth-order valence-electron chi connectivity index (χ4n) is 1.51. The highest BCUT2D eigenvalue weighted by Crippen LogP contribution is 2.57. The van der Waals surface area contributed by atoms with Gasteiger partial charge in [0.05, 0.1) is 0 Å². The van der Waals surface area contributed by atoms with Gasteiger partial charge in [-0.15, -0.1) is 0 Å². The molecule has 0 spiro atoms. The molecule has 0 saturated heterocycles. The molecule has 0 aliphatic carbocycles. The molecule has 0 unspecified atom stereocenters. The molecular formula is C12H5F11O2. The van der Waals surface area contributed by atoms with Crippen LogP contribution in [0.15, 0.2) is 24.3 Å². The van der Waals surface area contributed by atoms with Crippen molar-refractivity contribution < 1.29 is 58.2 Å². The second kappa shape index (κ2) is 5.73. The van der Waals surface area contributed by atoms with E-state index in [1.54, 1.807) is 0 Å². The molecule has 0 bridgehead atoms. The molecule has 0 atom stereocenters. The van der Waals surface area contributed by atoms with Gasteiger partial charge in [-0.1, -0.05) is 0 Å². The second-order valence-electron chi connectivity index (χ2n) is 4.67. The van der Waals surface area contributed by atoms with Crippen molar-refractivity contribution in [2.24, 2.45) is 0 Å². The highest BCUT2D eigenvalue weighted by atomic mass is 19.4. The minimum atomic E-state index is -7.64. The summed E-state index contributed by atoms with van der Waals surface area (Å²) < 4.78 is 140. The van der Waals surface area contributed by atoms with Crippen molar-refractivity contribution in [2.45, 2.75) is 29.9 Å². The number of carbonyl (C=O) groups excluding carboxylic acids is 1. The Kier molecular flexibility index (Phi) is 4.80. The van der Waals surface area contributed by atoms with E-state index in [0.717, 1.165) is 0 Å². The summed E-state index contributed by atoms with van der Waals surface area (Å²) in [5.74, 6) is -33.0. The first-order valence-electron chi connectivity index (χ1n) is 5.83. The summed E-state index contributed by atoms with van der Waals surface area (Å²) in [6.45, 7) is 0. The summed E-state index contributed by atoms with van der Waals surface area (Å²) in [4.78, 5) is 11.3. The zero-order valence-corrected chi connectivity index (χ0v) is 11.3. The van der Waals surface area contributed by atoms with Gasteiger partial charge in [0.1, 0.15) is 5.75 Å². The van der Waals surface area contributed by atoms with Crippen molar-refractivity contribution >= 4 is 5.78 Å². The molecule has 1 rings (SSSR count). The first kappa shape index (κ1) is 21.0. The van der Waals surface area contributed by atoms with E-state index in [1.807, 2.05) is 0 Å². The lowest BCUT2D eigenvalue weighted by Gasteiger charge is -2.36. The SMILES string of the molecule is O=C(c1ccc(O)cc1)C(F)(F)C(F)(F)C(F)(F)C(F)(F)C(F)(F)F. The van der Waals surface area contributed by atoms with Crippen molar-refractivity contribution in [1.29, 1.82) is 0 Å². The zero-order chi connectivity index (χ0) is 20.1. The molecule has 0 fully saturated rings. The molecule has 0 heterocycles. The van der Waals surface area contributed by atoms with Crippen LogP contribution in [0.2, 0.25) is 0 Å². The van der Waals surface area contributed by atoms with Gasteiger partial charge in [-0.2, -0.15) is 48.3 Å². The number of halogens is 11. The fraction of sp³-hybridized carbons (Fsp3) is 0.417. The maximum Gasteiger partial charge on any atom is 0.460 e. The molecule has 142 valence electrons. The van der Waals surface area contributed by atoms with Gasteiger partial charge in [0, 0.05) is 5.56 Å². The molecule has 0 radical (unpaired) electrons. The van der Waals surface area contributed by atoms with Gasteiger partial charge in [0.15, 0.2) is 0 Å². The van der Waals surface area contributed by atoms with Gasteiger partial charge < -0.3 is 5.11 Å². The predicted molar refractivity (Wildman–Crippen MR) is 58.3 cm³/mol. The number of ketones is 1. The Morgan fingerprint density at radius 3 is 1.44 bits per heavy atom. The lowest BCUT2D eigenvalue weighted by Crippen LogP contribution is -2.68. The first-order chi connectivity index (χ1) is 10.9. The minimum absolute atomic E-state index is 0.252. The van der Waals surface area contributed by atoms with Crippen molar-refractivity contribution in [3.8, 4) is 5.75 Å². The van der Waals surface area contributed by atoms with Crippen molar-refractivity contribution in [1.82, 2.24) is 0 Å². The monoisotopic (exact) mass is 390 g/mol. The zero-order valence-electron chi connectivity index (χ0n) is 11.3. The fourth-order valence-corrected chi connectivity index (χ4v) is 1.51. The van der Waals surface area contributed by atoms with Gasteiger partial charge in [-0.25, -0.2) is 0 Å². The predicted octanol–water partition coefficient (Wildman–Crippen LogP) is 4.68. The van der Waals surface area contributed by atoms with Crippen LogP contribution in [0.1, 0.15) is 10.4 Å². The molecule has 0 aromatic heterocycles. The molecule has 0 aliphatic heterocycles. The molecule has 1 aromatic rings. The summed E-state index contributed by atoms with van der Waals surface area (Å²) in [5.41, 5.74) is -1.44. The molecule has 1 aromatic carbocycles.